The van der Waals surface area contributed by atoms with E-state index >= 15 is 0 Å². The number of hydrogen-bond acceptors (Lipinski definition) is 4. The van der Waals surface area contributed by atoms with E-state index in [1.807, 2.05) is 59.9 Å². The Kier molecular flexibility index (Phi) is 5.19. The van der Waals surface area contributed by atoms with E-state index in [-0.39, 0.29) is 12.0 Å². The first-order valence-electron chi connectivity index (χ1n) is 9.47. The van der Waals surface area contributed by atoms with Gasteiger partial charge in [0, 0.05) is 37.0 Å². The van der Waals surface area contributed by atoms with E-state index in [0.29, 0.717) is 25.2 Å². The van der Waals surface area contributed by atoms with Gasteiger partial charge in [0.1, 0.15) is 5.60 Å². The number of carbonyl (C=O) groups excluding carboxylic acids is 2. The number of anilines is 1. The fourth-order valence-electron chi connectivity index (χ4n) is 3.33. The molecule has 2 amide bonds. The number of nitrogens with one attached hydrogen (secondary N) is 1. The van der Waals surface area contributed by atoms with Crippen LogP contribution in [0.15, 0.2) is 18.2 Å². The largest absolute Gasteiger partial charge is 0.444 e. The van der Waals surface area contributed by atoms with Crippen molar-refractivity contribution in [2.75, 3.05) is 11.9 Å². The molecule has 0 bridgehead atoms. The summed E-state index contributed by atoms with van der Waals surface area (Å²) in [7, 11) is 1.83. The van der Waals surface area contributed by atoms with Crippen LogP contribution in [0.25, 0.3) is 0 Å². The lowest BCUT2D eigenvalue weighted by Crippen LogP contribution is -2.40. The van der Waals surface area contributed by atoms with E-state index in [1.54, 1.807) is 9.58 Å². The molecule has 0 saturated carbocycles. The van der Waals surface area contributed by atoms with Gasteiger partial charge in [-0.3, -0.25) is 9.48 Å². The van der Waals surface area contributed by atoms with Crippen molar-refractivity contribution in [3.05, 3.63) is 46.3 Å². The van der Waals surface area contributed by atoms with Crippen molar-refractivity contribution >= 4 is 17.7 Å². The molecule has 2 heterocycles. The molecule has 0 saturated heterocycles. The lowest BCUT2D eigenvalue weighted by Gasteiger charge is -2.30. The number of aromatic nitrogens is 2. The van der Waals surface area contributed by atoms with Crippen LogP contribution in [0.5, 0.6) is 0 Å². The minimum atomic E-state index is -0.560. The molecule has 150 valence electrons. The fraction of sp³-hybridized carbons (Fsp3) is 0.476. The Morgan fingerprint density at radius 3 is 2.61 bits per heavy atom. The smallest absolute Gasteiger partial charge is 0.410 e. The van der Waals surface area contributed by atoms with E-state index in [1.165, 1.54) is 0 Å². The molecular weight excluding hydrogens is 356 g/mol. The molecule has 28 heavy (non-hydrogen) atoms. The first-order valence-corrected chi connectivity index (χ1v) is 9.47. The molecule has 7 heteroatoms. The number of carbonyl (C=O) groups is 2. The van der Waals surface area contributed by atoms with Gasteiger partial charge in [0.2, 0.25) is 0 Å². The Morgan fingerprint density at radius 1 is 1.21 bits per heavy atom. The monoisotopic (exact) mass is 384 g/mol. The number of rotatable bonds is 2. The molecule has 3 rings (SSSR count). The van der Waals surface area contributed by atoms with Gasteiger partial charge < -0.3 is 15.0 Å². The fourth-order valence-corrected chi connectivity index (χ4v) is 3.33. The van der Waals surface area contributed by atoms with Gasteiger partial charge in [0.25, 0.3) is 5.91 Å². The second-order valence-corrected chi connectivity index (χ2v) is 8.25. The summed E-state index contributed by atoms with van der Waals surface area (Å²) in [5.74, 6) is -0.267. The van der Waals surface area contributed by atoms with Gasteiger partial charge in [-0.15, -0.1) is 0 Å². The summed E-state index contributed by atoms with van der Waals surface area (Å²) < 4.78 is 7.22. The first kappa shape index (κ1) is 19.9. The maximum Gasteiger partial charge on any atom is 0.410 e. The van der Waals surface area contributed by atoms with Crippen LogP contribution < -0.4 is 5.32 Å². The van der Waals surface area contributed by atoms with Gasteiger partial charge in [0.15, 0.2) is 5.69 Å². The number of aryl methyl sites for hydroxylation is 2. The summed E-state index contributed by atoms with van der Waals surface area (Å²) in [6.07, 6.45) is 0.261. The second kappa shape index (κ2) is 7.30. The minimum absolute atomic E-state index is 0.267. The van der Waals surface area contributed by atoms with Crippen molar-refractivity contribution in [1.29, 1.82) is 0 Å². The highest BCUT2D eigenvalue weighted by atomic mass is 16.6. The molecule has 7 nitrogen and oxygen atoms in total. The number of amides is 2. The molecule has 1 aromatic heterocycles. The number of nitrogens with zero attached hydrogens (tertiary/aromatic N) is 3. The maximum atomic E-state index is 12.9. The van der Waals surface area contributed by atoms with E-state index in [0.717, 1.165) is 28.1 Å². The van der Waals surface area contributed by atoms with Crippen LogP contribution in [0.3, 0.4) is 0 Å². The zero-order valence-electron chi connectivity index (χ0n) is 17.4. The van der Waals surface area contributed by atoms with Crippen molar-refractivity contribution in [2.45, 2.75) is 53.2 Å². The summed E-state index contributed by atoms with van der Waals surface area (Å²) >= 11 is 0. The Bertz CT molecular complexity index is 924. The van der Waals surface area contributed by atoms with E-state index in [9.17, 15) is 9.59 Å². The van der Waals surface area contributed by atoms with Crippen LogP contribution in [0.2, 0.25) is 0 Å². The van der Waals surface area contributed by atoms with Crippen molar-refractivity contribution < 1.29 is 14.3 Å². The molecule has 0 atom stereocenters. The van der Waals surface area contributed by atoms with Crippen LogP contribution in [-0.4, -0.2) is 38.8 Å². The summed E-state index contributed by atoms with van der Waals surface area (Å²) in [6.45, 7) is 10.4. The van der Waals surface area contributed by atoms with Crippen molar-refractivity contribution in [1.82, 2.24) is 14.7 Å². The van der Waals surface area contributed by atoms with Gasteiger partial charge in [-0.25, -0.2) is 4.79 Å². The van der Waals surface area contributed by atoms with Crippen molar-refractivity contribution in [3.63, 3.8) is 0 Å². The number of benzene rings is 1. The summed E-state index contributed by atoms with van der Waals surface area (Å²) in [5, 5.41) is 7.40. The molecule has 0 aliphatic carbocycles. The first-order chi connectivity index (χ1) is 13.1. The minimum Gasteiger partial charge on any atom is -0.444 e. The SMILES string of the molecule is Cc1cccc(NC(=O)c2nn(C)c3c2CN(C(=O)OC(C)(C)C)CC3)c1C. The van der Waals surface area contributed by atoms with Crippen molar-refractivity contribution in [3.8, 4) is 0 Å². The third-order valence-corrected chi connectivity index (χ3v) is 4.96. The Labute approximate surface area is 165 Å². The summed E-state index contributed by atoms with van der Waals surface area (Å²) in [4.78, 5) is 27.0. The molecule has 2 aromatic rings. The van der Waals surface area contributed by atoms with Crippen LogP contribution >= 0.6 is 0 Å². The number of fused-ring (bicyclic) bond motifs is 1. The van der Waals surface area contributed by atoms with Gasteiger partial charge in [-0.2, -0.15) is 5.10 Å². The van der Waals surface area contributed by atoms with Gasteiger partial charge in [-0.1, -0.05) is 12.1 Å². The highest BCUT2D eigenvalue weighted by Crippen LogP contribution is 2.25. The second-order valence-electron chi connectivity index (χ2n) is 8.25. The lowest BCUT2D eigenvalue weighted by molar-refractivity contribution is 0.0222. The Morgan fingerprint density at radius 2 is 1.93 bits per heavy atom. The summed E-state index contributed by atoms with van der Waals surface area (Å²) in [5.41, 5.74) is 4.45. The number of hydrogen-bond donors (Lipinski definition) is 1. The van der Waals surface area contributed by atoms with E-state index in [2.05, 4.69) is 10.4 Å². The standard InChI is InChI=1S/C21H28N4O3/c1-13-8-7-9-16(14(13)2)22-19(26)18-15-12-25(20(27)28-21(3,4)5)11-10-17(15)24(6)23-18/h7-9H,10-12H2,1-6H3,(H,22,26). The average molecular weight is 384 g/mol. The zero-order chi connectivity index (χ0) is 20.6. The topological polar surface area (TPSA) is 76.5 Å². The third-order valence-electron chi connectivity index (χ3n) is 4.96. The van der Waals surface area contributed by atoms with Crippen LogP contribution in [0, 0.1) is 13.8 Å². The molecule has 0 fully saturated rings. The molecule has 1 aliphatic rings. The molecule has 0 unspecified atom stereocenters. The number of ether oxygens (including phenoxy) is 1. The molecular formula is C21H28N4O3. The van der Waals surface area contributed by atoms with Gasteiger partial charge >= 0.3 is 6.09 Å². The Balaban J connectivity index is 1.84. The van der Waals surface area contributed by atoms with Crippen LogP contribution in [0.4, 0.5) is 10.5 Å². The van der Waals surface area contributed by atoms with Crippen LogP contribution in [-0.2, 0) is 24.8 Å². The molecule has 1 N–H and O–H groups in total. The maximum absolute atomic E-state index is 12.9. The molecule has 0 radical (unpaired) electrons. The van der Waals surface area contributed by atoms with Gasteiger partial charge in [-0.05, 0) is 51.8 Å². The summed E-state index contributed by atoms with van der Waals surface area (Å²) in [6, 6.07) is 5.80. The quantitative estimate of drug-likeness (QED) is 0.859. The highest BCUT2D eigenvalue weighted by molar-refractivity contribution is 6.04. The predicted octanol–water partition coefficient (Wildman–Crippen LogP) is 3.58. The average Bonchev–Trinajstić information content (AvgIpc) is 2.94. The van der Waals surface area contributed by atoms with Gasteiger partial charge in [0.05, 0.1) is 6.54 Å². The normalized spacial score (nSPS) is 13.9. The van der Waals surface area contributed by atoms with E-state index < -0.39 is 5.60 Å². The zero-order valence-corrected chi connectivity index (χ0v) is 17.4. The molecule has 1 aliphatic heterocycles. The predicted molar refractivity (Wildman–Crippen MR) is 107 cm³/mol. The molecule has 1 aromatic carbocycles. The third kappa shape index (κ3) is 4.03. The van der Waals surface area contributed by atoms with E-state index in [4.69, 9.17) is 4.74 Å². The molecule has 0 spiro atoms. The van der Waals surface area contributed by atoms with Crippen molar-refractivity contribution in [2.24, 2.45) is 7.05 Å². The van der Waals surface area contributed by atoms with Crippen LogP contribution in [0.1, 0.15) is 53.6 Å². The highest BCUT2D eigenvalue weighted by Gasteiger charge is 2.31. The lowest BCUT2D eigenvalue weighted by atomic mass is 10.0. The Hall–Kier alpha value is -2.83.